The molecule has 1 aliphatic rings. The van der Waals surface area contributed by atoms with E-state index >= 15 is 0 Å². The van der Waals surface area contributed by atoms with Crippen molar-refractivity contribution in [3.05, 3.63) is 54.0 Å². The molecule has 0 saturated carbocycles. The summed E-state index contributed by atoms with van der Waals surface area (Å²) in [5.41, 5.74) is 1.98. The van der Waals surface area contributed by atoms with Crippen LogP contribution in [-0.2, 0) is 4.79 Å². The standard InChI is InChI=1S/C21H24FN3O2/c1-2-3-20(26)25-12-10-18(11-13-25)24-21(27)16-6-9-19(23-14-16)15-4-7-17(22)8-5-15/h4-9,14,18H,2-3,10-13H2,1H3,(H,24,27). The van der Waals surface area contributed by atoms with Gasteiger partial charge in [-0.1, -0.05) is 6.92 Å². The average molecular weight is 369 g/mol. The van der Waals surface area contributed by atoms with Crippen molar-refractivity contribution >= 4 is 11.8 Å². The molecule has 1 aromatic heterocycles. The largest absolute Gasteiger partial charge is 0.349 e. The van der Waals surface area contributed by atoms with Crippen LogP contribution in [0.5, 0.6) is 0 Å². The Labute approximate surface area is 158 Å². The third-order valence-corrected chi connectivity index (χ3v) is 4.81. The molecule has 1 fully saturated rings. The van der Waals surface area contributed by atoms with Crippen molar-refractivity contribution in [2.75, 3.05) is 13.1 Å². The average Bonchev–Trinajstić information content (AvgIpc) is 2.69. The fourth-order valence-corrected chi connectivity index (χ4v) is 3.23. The van der Waals surface area contributed by atoms with E-state index in [1.54, 1.807) is 24.3 Å². The van der Waals surface area contributed by atoms with Gasteiger partial charge in [-0.2, -0.15) is 0 Å². The van der Waals surface area contributed by atoms with E-state index in [2.05, 4.69) is 10.3 Å². The van der Waals surface area contributed by atoms with Gasteiger partial charge in [0.25, 0.3) is 5.91 Å². The lowest BCUT2D eigenvalue weighted by Crippen LogP contribution is -2.46. The van der Waals surface area contributed by atoms with Crippen LogP contribution >= 0.6 is 0 Å². The Hall–Kier alpha value is -2.76. The van der Waals surface area contributed by atoms with E-state index in [4.69, 9.17) is 0 Å². The normalized spacial score (nSPS) is 14.8. The Morgan fingerprint density at radius 1 is 1.15 bits per heavy atom. The second-order valence-corrected chi connectivity index (χ2v) is 6.82. The van der Waals surface area contributed by atoms with Gasteiger partial charge in [0.15, 0.2) is 0 Å². The lowest BCUT2D eigenvalue weighted by atomic mass is 10.0. The smallest absolute Gasteiger partial charge is 0.253 e. The van der Waals surface area contributed by atoms with Crippen LogP contribution in [-0.4, -0.2) is 40.8 Å². The molecule has 3 rings (SSSR count). The minimum absolute atomic E-state index is 0.0694. The fourth-order valence-electron chi connectivity index (χ4n) is 3.23. The van der Waals surface area contributed by atoms with Gasteiger partial charge in [-0.05, 0) is 55.7 Å². The SMILES string of the molecule is CCCC(=O)N1CCC(NC(=O)c2ccc(-c3ccc(F)cc3)nc2)CC1. The number of hydrogen-bond acceptors (Lipinski definition) is 3. The summed E-state index contributed by atoms with van der Waals surface area (Å²) in [6.07, 6.45) is 4.51. The van der Waals surface area contributed by atoms with E-state index in [1.807, 2.05) is 11.8 Å². The molecule has 5 nitrogen and oxygen atoms in total. The van der Waals surface area contributed by atoms with Crippen LogP contribution in [0.25, 0.3) is 11.3 Å². The Balaban J connectivity index is 1.54. The molecule has 2 amide bonds. The molecule has 0 unspecified atom stereocenters. The first-order valence-electron chi connectivity index (χ1n) is 9.37. The number of carbonyl (C=O) groups excluding carboxylic acids is 2. The number of likely N-dealkylation sites (tertiary alicyclic amines) is 1. The number of piperidine rings is 1. The summed E-state index contributed by atoms with van der Waals surface area (Å²) in [6.45, 7) is 3.37. The van der Waals surface area contributed by atoms with Crippen molar-refractivity contribution in [2.45, 2.75) is 38.6 Å². The number of pyridine rings is 1. The van der Waals surface area contributed by atoms with Crippen LogP contribution in [0.15, 0.2) is 42.6 Å². The third-order valence-electron chi connectivity index (χ3n) is 4.81. The summed E-state index contributed by atoms with van der Waals surface area (Å²) < 4.78 is 13.0. The highest BCUT2D eigenvalue weighted by Crippen LogP contribution is 2.18. The summed E-state index contributed by atoms with van der Waals surface area (Å²) in [4.78, 5) is 30.6. The van der Waals surface area contributed by atoms with Crippen LogP contribution in [0.3, 0.4) is 0 Å². The summed E-state index contributed by atoms with van der Waals surface area (Å²) in [7, 11) is 0. The second-order valence-electron chi connectivity index (χ2n) is 6.82. The maximum atomic E-state index is 13.0. The minimum Gasteiger partial charge on any atom is -0.349 e. The monoisotopic (exact) mass is 369 g/mol. The van der Waals surface area contributed by atoms with Crippen LogP contribution in [0.4, 0.5) is 4.39 Å². The number of amides is 2. The van der Waals surface area contributed by atoms with E-state index < -0.39 is 0 Å². The Morgan fingerprint density at radius 3 is 2.44 bits per heavy atom. The lowest BCUT2D eigenvalue weighted by molar-refractivity contribution is -0.132. The van der Waals surface area contributed by atoms with E-state index in [1.165, 1.54) is 18.3 Å². The highest BCUT2D eigenvalue weighted by atomic mass is 19.1. The predicted octanol–water partition coefficient (Wildman–Crippen LogP) is 3.41. The van der Waals surface area contributed by atoms with Gasteiger partial charge in [-0.3, -0.25) is 14.6 Å². The predicted molar refractivity (Wildman–Crippen MR) is 102 cm³/mol. The third kappa shape index (κ3) is 4.90. The maximum Gasteiger partial charge on any atom is 0.253 e. The summed E-state index contributed by atoms with van der Waals surface area (Å²) >= 11 is 0. The van der Waals surface area contributed by atoms with Gasteiger partial charge in [0.2, 0.25) is 5.91 Å². The highest BCUT2D eigenvalue weighted by Gasteiger charge is 2.23. The fraction of sp³-hybridized carbons (Fsp3) is 0.381. The van der Waals surface area contributed by atoms with Crippen molar-refractivity contribution in [3.63, 3.8) is 0 Å². The molecule has 1 saturated heterocycles. The summed E-state index contributed by atoms with van der Waals surface area (Å²) in [6, 6.07) is 9.63. The second kappa shape index (κ2) is 8.75. The molecule has 0 radical (unpaired) electrons. The molecule has 0 bridgehead atoms. The molecule has 2 aromatic rings. The number of nitrogens with one attached hydrogen (secondary N) is 1. The number of benzene rings is 1. The van der Waals surface area contributed by atoms with Crippen molar-refractivity contribution in [2.24, 2.45) is 0 Å². The molecule has 27 heavy (non-hydrogen) atoms. The minimum atomic E-state index is -0.294. The Bertz CT molecular complexity index is 782. The van der Waals surface area contributed by atoms with Gasteiger partial charge < -0.3 is 10.2 Å². The van der Waals surface area contributed by atoms with Gasteiger partial charge in [-0.25, -0.2) is 4.39 Å². The number of aromatic nitrogens is 1. The number of hydrogen-bond donors (Lipinski definition) is 1. The number of halogens is 1. The van der Waals surface area contributed by atoms with Crippen LogP contribution in [0.2, 0.25) is 0 Å². The molecule has 142 valence electrons. The van der Waals surface area contributed by atoms with Crippen molar-refractivity contribution in [1.82, 2.24) is 15.2 Å². The molecule has 1 aromatic carbocycles. The first-order chi connectivity index (χ1) is 13.1. The number of rotatable bonds is 5. The maximum absolute atomic E-state index is 13.0. The Kier molecular flexibility index (Phi) is 6.16. The molecule has 2 heterocycles. The number of carbonyl (C=O) groups is 2. The van der Waals surface area contributed by atoms with E-state index in [-0.39, 0.29) is 23.7 Å². The van der Waals surface area contributed by atoms with Gasteiger partial charge in [-0.15, -0.1) is 0 Å². The molecule has 0 spiro atoms. The van der Waals surface area contributed by atoms with Crippen molar-refractivity contribution in [3.8, 4) is 11.3 Å². The zero-order valence-electron chi connectivity index (χ0n) is 15.5. The molecular formula is C21H24FN3O2. The van der Waals surface area contributed by atoms with Crippen LogP contribution < -0.4 is 5.32 Å². The topological polar surface area (TPSA) is 62.3 Å². The van der Waals surface area contributed by atoms with Gasteiger partial charge in [0.1, 0.15) is 5.82 Å². The zero-order chi connectivity index (χ0) is 19.2. The first-order valence-corrected chi connectivity index (χ1v) is 9.37. The van der Waals surface area contributed by atoms with Gasteiger partial charge in [0.05, 0.1) is 11.3 Å². The van der Waals surface area contributed by atoms with Crippen LogP contribution in [0.1, 0.15) is 43.0 Å². The van der Waals surface area contributed by atoms with E-state index in [9.17, 15) is 14.0 Å². The summed E-state index contributed by atoms with van der Waals surface area (Å²) in [5, 5.41) is 3.03. The first kappa shape index (κ1) is 19.0. The molecule has 0 atom stereocenters. The highest BCUT2D eigenvalue weighted by molar-refractivity contribution is 5.94. The quantitative estimate of drug-likeness (QED) is 0.879. The molecular weight excluding hydrogens is 345 g/mol. The Morgan fingerprint density at radius 2 is 1.85 bits per heavy atom. The lowest BCUT2D eigenvalue weighted by Gasteiger charge is -2.32. The molecule has 1 aliphatic heterocycles. The van der Waals surface area contributed by atoms with E-state index in [0.717, 1.165) is 24.8 Å². The molecule has 0 aliphatic carbocycles. The van der Waals surface area contributed by atoms with Gasteiger partial charge in [0, 0.05) is 37.3 Å². The number of nitrogens with zero attached hydrogens (tertiary/aromatic N) is 2. The molecule has 1 N–H and O–H groups in total. The van der Waals surface area contributed by atoms with Crippen molar-refractivity contribution in [1.29, 1.82) is 0 Å². The zero-order valence-corrected chi connectivity index (χ0v) is 15.5. The van der Waals surface area contributed by atoms with E-state index in [0.29, 0.717) is 30.8 Å². The van der Waals surface area contributed by atoms with Crippen LogP contribution in [0, 0.1) is 5.82 Å². The molecule has 6 heteroatoms. The van der Waals surface area contributed by atoms with Crippen molar-refractivity contribution < 1.29 is 14.0 Å². The van der Waals surface area contributed by atoms with Gasteiger partial charge >= 0.3 is 0 Å². The summed E-state index contributed by atoms with van der Waals surface area (Å²) in [5.74, 6) is -0.258.